The first-order valence-electron chi connectivity index (χ1n) is 14.4. The van der Waals surface area contributed by atoms with Crippen LogP contribution in [0.4, 0.5) is 14.5 Å². The minimum atomic E-state index is -2.74. The van der Waals surface area contributed by atoms with Crippen LogP contribution in [-0.2, 0) is 16.0 Å². The lowest BCUT2D eigenvalue weighted by atomic mass is 9.91. The molecule has 1 saturated heterocycles. The normalized spacial score (nSPS) is 18.8. The number of allylic oxidation sites excluding steroid dienone is 1. The summed E-state index contributed by atoms with van der Waals surface area (Å²) in [6, 6.07) is 3.38. The van der Waals surface area contributed by atoms with E-state index in [9.17, 15) is 23.8 Å². The number of amides is 2. The van der Waals surface area contributed by atoms with Crippen LogP contribution in [0.15, 0.2) is 34.6 Å². The zero-order valence-electron chi connectivity index (χ0n) is 24.2. The monoisotopic (exact) mass is 569 g/mol. The summed E-state index contributed by atoms with van der Waals surface area (Å²) in [6.07, 6.45) is 4.14. The average molecular weight is 570 g/mol. The predicted octanol–water partition coefficient (Wildman–Crippen LogP) is 3.85. The number of nitrogens with zero attached hydrogens (tertiary/aromatic N) is 4. The van der Waals surface area contributed by atoms with Gasteiger partial charge in [0.1, 0.15) is 5.84 Å². The summed E-state index contributed by atoms with van der Waals surface area (Å²) in [4.78, 5) is 33.8. The Morgan fingerprint density at radius 3 is 2.51 bits per heavy atom. The van der Waals surface area contributed by atoms with Gasteiger partial charge >= 0.3 is 0 Å². The highest BCUT2D eigenvalue weighted by molar-refractivity contribution is 6.12. The number of aliphatic imine (C=N–C) groups is 1. The Morgan fingerprint density at radius 1 is 1.17 bits per heavy atom. The molecule has 0 saturated carbocycles. The van der Waals surface area contributed by atoms with Gasteiger partial charge in [-0.05, 0) is 48.9 Å². The van der Waals surface area contributed by atoms with Crippen LogP contribution in [0, 0.1) is 5.41 Å². The summed E-state index contributed by atoms with van der Waals surface area (Å²) in [6.45, 7) is 6.10. The van der Waals surface area contributed by atoms with E-state index in [2.05, 4.69) is 10.3 Å². The molecule has 4 N–H and O–H groups in total. The second-order valence-electron chi connectivity index (χ2n) is 10.8. The molecule has 41 heavy (non-hydrogen) atoms. The van der Waals surface area contributed by atoms with Crippen LogP contribution in [0.1, 0.15) is 69.1 Å². The molecule has 3 aliphatic rings. The van der Waals surface area contributed by atoms with E-state index < -0.39 is 6.43 Å². The maximum absolute atomic E-state index is 14.3. The molecule has 0 spiro atoms. The van der Waals surface area contributed by atoms with Crippen molar-refractivity contribution < 1.29 is 18.4 Å². The number of amidine groups is 1. The smallest absolute Gasteiger partial charge is 0.264 e. The Kier molecular flexibility index (Phi) is 9.77. The zero-order valence-corrected chi connectivity index (χ0v) is 24.2. The summed E-state index contributed by atoms with van der Waals surface area (Å²) in [5.74, 6) is 0.310. The molecule has 1 fully saturated rings. The number of fused-ring (bicyclic) bond motifs is 1. The summed E-state index contributed by atoms with van der Waals surface area (Å²) in [5.41, 5.74) is 9.44. The molecule has 0 atom stereocenters. The van der Waals surface area contributed by atoms with E-state index >= 15 is 0 Å². The van der Waals surface area contributed by atoms with Gasteiger partial charge in [-0.3, -0.25) is 20.0 Å². The number of nitrogens with one attached hydrogen (secondary N) is 2. The molecule has 0 aliphatic carbocycles. The highest BCUT2D eigenvalue weighted by Gasteiger charge is 2.32. The van der Waals surface area contributed by atoms with Gasteiger partial charge in [-0.1, -0.05) is 6.92 Å². The molecular formula is C30H41F2N7O2. The van der Waals surface area contributed by atoms with E-state index in [1.807, 2.05) is 11.8 Å². The molecule has 4 rings (SSSR count). The summed E-state index contributed by atoms with van der Waals surface area (Å²) >= 11 is 0. The fourth-order valence-corrected chi connectivity index (χ4v) is 5.97. The molecule has 222 valence electrons. The van der Waals surface area contributed by atoms with Crippen molar-refractivity contribution in [2.75, 3.05) is 44.7 Å². The number of alkyl halides is 2. The second-order valence-corrected chi connectivity index (χ2v) is 10.8. The van der Waals surface area contributed by atoms with Crippen LogP contribution in [0.5, 0.6) is 0 Å². The third-order valence-electron chi connectivity index (χ3n) is 8.24. The van der Waals surface area contributed by atoms with Gasteiger partial charge in [0.05, 0.1) is 6.54 Å². The number of aryl methyl sites for hydroxylation is 1. The Labute approximate surface area is 240 Å². The average Bonchev–Trinajstić information content (AvgIpc) is 2.98. The quantitative estimate of drug-likeness (QED) is 0.341. The molecule has 11 heteroatoms. The number of benzene rings is 1. The Balaban J connectivity index is 1.67. The fraction of sp³-hybridized carbons (Fsp3) is 0.533. The maximum Gasteiger partial charge on any atom is 0.264 e. The number of hydrogen-bond donors (Lipinski definition) is 3. The van der Waals surface area contributed by atoms with E-state index in [4.69, 9.17) is 5.73 Å². The number of halogens is 2. The number of nitrogens with two attached hydrogens (primary N) is 1. The van der Waals surface area contributed by atoms with E-state index in [1.165, 1.54) is 25.4 Å². The lowest BCUT2D eigenvalue weighted by Crippen LogP contribution is -2.48. The molecule has 0 aromatic heterocycles. The topological polar surface area (TPSA) is 118 Å². The summed E-state index contributed by atoms with van der Waals surface area (Å²) in [7, 11) is 1.56. The molecule has 2 amide bonds. The van der Waals surface area contributed by atoms with E-state index in [0.29, 0.717) is 67.8 Å². The minimum absolute atomic E-state index is 0.0666. The van der Waals surface area contributed by atoms with E-state index in [-0.39, 0.29) is 35.8 Å². The Morgan fingerprint density at radius 2 is 1.90 bits per heavy atom. The highest BCUT2D eigenvalue weighted by atomic mass is 19.3. The van der Waals surface area contributed by atoms with Crippen LogP contribution < -0.4 is 16.0 Å². The van der Waals surface area contributed by atoms with Crippen molar-refractivity contribution in [3.8, 4) is 0 Å². The predicted molar refractivity (Wildman–Crippen MR) is 158 cm³/mol. The number of anilines is 1. The van der Waals surface area contributed by atoms with Gasteiger partial charge < -0.3 is 25.8 Å². The molecular weight excluding hydrogens is 528 g/mol. The molecule has 3 aliphatic heterocycles. The number of carbonyl (C=O) groups is 2. The van der Waals surface area contributed by atoms with Crippen molar-refractivity contribution in [2.24, 2.45) is 10.7 Å². The maximum atomic E-state index is 14.3. The molecule has 0 radical (unpaired) electrons. The van der Waals surface area contributed by atoms with E-state index in [0.717, 1.165) is 30.5 Å². The molecule has 1 aromatic carbocycles. The van der Waals surface area contributed by atoms with Crippen molar-refractivity contribution in [2.45, 2.75) is 64.8 Å². The molecule has 9 nitrogen and oxygen atoms in total. The Bertz CT molecular complexity index is 1270. The van der Waals surface area contributed by atoms with Gasteiger partial charge in [0.15, 0.2) is 0 Å². The van der Waals surface area contributed by atoms with Crippen molar-refractivity contribution in [3.05, 3.63) is 46.3 Å². The van der Waals surface area contributed by atoms with Crippen LogP contribution in [-0.4, -0.2) is 79.5 Å². The standard InChI is InChI=1S/C30H41F2N7O2/c1-4-28(41)37-11-7-22(8-12-37)36-26-9-13-38(19(2)40)18-25(26)30(34)39-10-5-6-20-14-23(21(16-33)17-35-3)24(29(31)32)15-27(20)39/h14-17,22,29,34,36H,4-13,18,33H2,1-3H3. The number of rotatable bonds is 7. The van der Waals surface area contributed by atoms with Gasteiger partial charge in [0, 0.05) is 99.5 Å². The zero-order chi connectivity index (χ0) is 29.7. The van der Waals surface area contributed by atoms with Gasteiger partial charge in [-0.15, -0.1) is 0 Å². The third kappa shape index (κ3) is 6.60. The van der Waals surface area contributed by atoms with Gasteiger partial charge in [0.25, 0.3) is 6.43 Å². The number of carbonyl (C=O) groups excluding carboxylic acids is 2. The van der Waals surface area contributed by atoms with Gasteiger partial charge in [0.2, 0.25) is 11.8 Å². The summed E-state index contributed by atoms with van der Waals surface area (Å²) < 4.78 is 28.6. The van der Waals surface area contributed by atoms with Crippen molar-refractivity contribution in [1.82, 2.24) is 15.1 Å². The first-order chi connectivity index (χ1) is 19.7. The Hall–Kier alpha value is -3.76. The molecule has 0 unspecified atom stereocenters. The van der Waals surface area contributed by atoms with Crippen molar-refractivity contribution in [1.29, 1.82) is 5.41 Å². The number of hydrogen-bond acceptors (Lipinski definition) is 6. The first-order valence-corrected chi connectivity index (χ1v) is 14.4. The van der Waals surface area contributed by atoms with Crippen LogP contribution in [0.2, 0.25) is 0 Å². The largest absolute Gasteiger partial charge is 0.404 e. The molecule has 1 aromatic rings. The van der Waals surface area contributed by atoms with Crippen molar-refractivity contribution in [3.63, 3.8) is 0 Å². The number of piperidine rings is 1. The van der Waals surface area contributed by atoms with Gasteiger partial charge in [-0.25, -0.2) is 8.78 Å². The first kappa shape index (κ1) is 30.2. The van der Waals surface area contributed by atoms with Crippen LogP contribution in [0.3, 0.4) is 0 Å². The molecule has 0 bridgehead atoms. The summed E-state index contributed by atoms with van der Waals surface area (Å²) in [5, 5.41) is 13.0. The minimum Gasteiger partial charge on any atom is -0.404 e. The lowest BCUT2D eigenvalue weighted by Gasteiger charge is -2.39. The van der Waals surface area contributed by atoms with Crippen LogP contribution >= 0.6 is 0 Å². The molecule has 3 heterocycles. The second kappa shape index (κ2) is 13.3. The van der Waals surface area contributed by atoms with Crippen LogP contribution in [0.25, 0.3) is 5.57 Å². The highest BCUT2D eigenvalue weighted by Crippen LogP contribution is 2.38. The van der Waals surface area contributed by atoms with Crippen molar-refractivity contribution >= 4 is 35.1 Å². The fourth-order valence-electron chi connectivity index (χ4n) is 5.97. The SMILES string of the molecule is CCC(=O)N1CCC(NC2=C(C(=N)N3CCCc4cc(C(C=NC)=CN)c(C(F)F)cc43)CN(C(C)=O)CC2)CC1. The van der Waals surface area contributed by atoms with E-state index in [1.54, 1.807) is 22.9 Å². The number of likely N-dealkylation sites (tertiary alicyclic amines) is 1. The van der Waals surface area contributed by atoms with Gasteiger partial charge in [-0.2, -0.15) is 0 Å². The lowest BCUT2D eigenvalue weighted by molar-refractivity contribution is -0.132. The third-order valence-corrected chi connectivity index (χ3v) is 8.24.